The molecule has 0 aliphatic rings. The number of nitrogens with two attached hydrogens (primary N) is 1. The molecule has 1 rings (SSSR count). The van der Waals surface area contributed by atoms with Crippen LogP contribution in [0.4, 0.5) is 0 Å². The zero-order valence-electron chi connectivity index (χ0n) is 7.12. The highest BCUT2D eigenvalue weighted by Gasteiger charge is 1.95. The highest BCUT2D eigenvalue weighted by molar-refractivity contribution is 7.82. The third-order valence-corrected chi connectivity index (χ3v) is 2.28. The van der Waals surface area contributed by atoms with Crippen molar-refractivity contribution in [3.05, 3.63) is 35.4 Å². The van der Waals surface area contributed by atoms with E-state index in [9.17, 15) is 4.21 Å². The molecule has 0 spiro atoms. The summed E-state index contributed by atoms with van der Waals surface area (Å²) in [6, 6.07) is 8.17. The molecular weight excluding hydrogens is 170 g/mol. The van der Waals surface area contributed by atoms with Crippen LogP contribution in [0.3, 0.4) is 0 Å². The molecule has 0 radical (unpaired) electrons. The van der Waals surface area contributed by atoms with E-state index in [-0.39, 0.29) is 0 Å². The van der Waals surface area contributed by atoms with Gasteiger partial charge in [0.15, 0.2) is 0 Å². The van der Waals surface area contributed by atoms with E-state index < -0.39 is 11.0 Å². The van der Waals surface area contributed by atoms with Crippen LogP contribution < -0.4 is 5.14 Å². The lowest BCUT2D eigenvalue weighted by atomic mass is 10.1. The van der Waals surface area contributed by atoms with Crippen molar-refractivity contribution in [2.75, 3.05) is 5.75 Å². The van der Waals surface area contributed by atoms with Crippen LogP contribution in [0, 0.1) is 6.92 Å². The first kappa shape index (κ1) is 9.42. The third kappa shape index (κ3) is 3.15. The largest absolute Gasteiger partial charge is 0.252 e. The van der Waals surface area contributed by atoms with Crippen molar-refractivity contribution in [1.82, 2.24) is 0 Å². The van der Waals surface area contributed by atoms with E-state index in [0.29, 0.717) is 5.75 Å². The molecule has 1 aromatic carbocycles. The molecule has 0 aliphatic heterocycles. The van der Waals surface area contributed by atoms with E-state index in [2.05, 4.69) is 6.07 Å². The van der Waals surface area contributed by atoms with Crippen LogP contribution in [0.25, 0.3) is 0 Å². The number of hydrogen-bond acceptors (Lipinski definition) is 1. The summed E-state index contributed by atoms with van der Waals surface area (Å²) in [6.45, 7) is 2.04. The molecule has 0 aromatic heterocycles. The second-order valence-electron chi connectivity index (χ2n) is 2.82. The second-order valence-corrected chi connectivity index (χ2v) is 3.99. The number of aryl methyl sites for hydroxylation is 2. The normalized spacial score (nSPS) is 12.8. The zero-order chi connectivity index (χ0) is 8.97. The van der Waals surface area contributed by atoms with Crippen molar-refractivity contribution < 1.29 is 4.21 Å². The zero-order valence-corrected chi connectivity index (χ0v) is 7.93. The van der Waals surface area contributed by atoms with Crippen molar-refractivity contribution >= 4 is 11.0 Å². The molecule has 2 N–H and O–H groups in total. The fraction of sp³-hybridized carbons (Fsp3) is 0.333. The van der Waals surface area contributed by atoms with Crippen LogP contribution in [0.15, 0.2) is 24.3 Å². The molecule has 12 heavy (non-hydrogen) atoms. The summed E-state index contributed by atoms with van der Waals surface area (Å²) in [6.07, 6.45) is 0.796. The molecule has 0 unspecified atom stereocenters. The van der Waals surface area contributed by atoms with E-state index in [4.69, 9.17) is 5.14 Å². The van der Waals surface area contributed by atoms with Crippen molar-refractivity contribution in [3.8, 4) is 0 Å². The fourth-order valence-corrected chi connectivity index (χ4v) is 1.52. The quantitative estimate of drug-likeness (QED) is 0.750. The van der Waals surface area contributed by atoms with E-state index in [1.807, 2.05) is 25.1 Å². The summed E-state index contributed by atoms with van der Waals surface area (Å²) in [5.74, 6) is 0.545. The van der Waals surface area contributed by atoms with Crippen LogP contribution >= 0.6 is 0 Å². The molecule has 0 amide bonds. The molecule has 0 fully saturated rings. The minimum Gasteiger partial charge on any atom is -0.252 e. The average molecular weight is 183 g/mol. The van der Waals surface area contributed by atoms with Crippen molar-refractivity contribution in [2.24, 2.45) is 5.14 Å². The number of benzene rings is 1. The standard InChI is InChI=1S/C9H13NOS/c1-8-3-2-4-9(7-8)5-6-12(10)11/h2-4,7H,5-6,10H2,1H3/t12-/m1/s1. The molecule has 0 saturated heterocycles. The Hall–Kier alpha value is -0.670. The highest BCUT2D eigenvalue weighted by Crippen LogP contribution is 2.04. The Bertz CT molecular complexity index is 286. The van der Waals surface area contributed by atoms with Gasteiger partial charge >= 0.3 is 0 Å². The van der Waals surface area contributed by atoms with Crippen LogP contribution in [0.1, 0.15) is 11.1 Å². The lowest BCUT2D eigenvalue weighted by Crippen LogP contribution is -2.09. The lowest BCUT2D eigenvalue weighted by Gasteiger charge is -1.99. The van der Waals surface area contributed by atoms with Gasteiger partial charge in [0.2, 0.25) is 0 Å². The maximum absolute atomic E-state index is 10.6. The molecule has 0 heterocycles. The topological polar surface area (TPSA) is 43.1 Å². The van der Waals surface area contributed by atoms with Gasteiger partial charge in [-0.05, 0) is 18.9 Å². The van der Waals surface area contributed by atoms with E-state index in [0.717, 1.165) is 6.42 Å². The van der Waals surface area contributed by atoms with Gasteiger partial charge in [0.05, 0.1) is 11.0 Å². The van der Waals surface area contributed by atoms with Crippen molar-refractivity contribution in [1.29, 1.82) is 0 Å². The Labute approximate surface area is 75.4 Å². The SMILES string of the molecule is Cc1cccc(CC[S@](N)=O)c1. The third-order valence-electron chi connectivity index (χ3n) is 1.67. The Morgan fingerprint density at radius 3 is 2.83 bits per heavy atom. The molecule has 0 aliphatic carbocycles. The first-order valence-corrected chi connectivity index (χ1v) is 5.25. The first-order valence-electron chi connectivity index (χ1n) is 3.87. The number of rotatable bonds is 3. The summed E-state index contributed by atoms with van der Waals surface area (Å²) in [5, 5.41) is 5.15. The van der Waals surface area contributed by atoms with Gasteiger partial charge in [-0.3, -0.25) is 5.14 Å². The highest BCUT2D eigenvalue weighted by atomic mass is 32.2. The van der Waals surface area contributed by atoms with Gasteiger partial charge in [-0.15, -0.1) is 0 Å². The molecule has 3 heteroatoms. The Morgan fingerprint density at radius 2 is 2.25 bits per heavy atom. The fourth-order valence-electron chi connectivity index (χ4n) is 1.09. The maximum Gasteiger partial charge on any atom is 0.0891 e. The monoisotopic (exact) mass is 183 g/mol. The molecule has 66 valence electrons. The van der Waals surface area contributed by atoms with Gasteiger partial charge in [0, 0.05) is 5.75 Å². The summed E-state index contributed by atoms with van der Waals surface area (Å²) in [5.41, 5.74) is 2.43. The van der Waals surface area contributed by atoms with Gasteiger partial charge < -0.3 is 0 Å². The van der Waals surface area contributed by atoms with E-state index >= 15 is 0 Å². The smallest absolute Gasteiger partial charge is 0.0891 e. The Kier molecular flexibility index (Phi) is 3.44. The molecular formula is C9H13NOS. The molecule has 1 atom stereocenters. The van der Waals surface area contributed by atoms with Gasteiger partial charge in [0.1, 0.15) is 0 Å². The van der Waals surface area contributed by atoms with Gasteiger partial charge in [-0.25, -0.2) is 4.21 Å². The van der Waals surface area contributed by atoms with Crippen LogP contribution in [0.2, 0.25) is 0 Å². The minimum atomic E-state index is -1.17. The van der Waals surface area contributed by atoms with Gasteiger partial charge in [-0.1, -0.05) is 29.8 Å². The summed E-state index contributed by atoms with van der Waals surface area (Å²) in [7, 11) is -1.17. The van der Waals surface area contributed by atoms with Crippen molar-refractivity contribution in [2.45, 2.75) is 13.3 Å². The second kappa shape index (κ2) is 4.38. The average Bonchev–Trinajstić information content (AvgIpc) is 2.01. The predicted molar refractivity (Wildman–Crippen MR) is 52.1 cm³/mol. The van der Waals surface area contributed by atoms with Crippen LogP contribution in [0.5, 0.6) is 0 Å². The maximum atomic E-state index is 10.6. The molecule has 0 bridgehead atoms. The van der Waals surface area contributed by atoms with E-state index in [1.165, 1.54) is 11.1 Å². The summed E-state index contributed by atoms with van der Waals surface area (Å²) in [4.78, 5) is 0. The Morgan fingerprint density at radius 1 is 1.50 bits per heavy atom. The molecule has 1 aromatic rings. The van der Waals surface area contributed by atoms with Gasteiger partial charge in [-0.2, -0.15) is 0 Å². The van der Waals surface area contributed by atoms with Crippen molar-refractivity contribution in [3.63, 3.8) is 0 Å². The lowest BCUT2D eigenvalue weighted by molar-refractivity contribution is 0.683. The summed E-state index contributed by atoms with van der Waals surface area (Å²) >= 11 is 0. The van der Waals surface area contributed by atoms with Crippen LogP contribution in [-0.2, 0) is 17.4 Å². The Balaban J connectivity index is 2.57. The van der Waals surface area contributed by atoms with Gasteiger partial charge in [0.25, 0.3) is 0 Å². The minimum absolute atomic E-state index is 0.545. The summed E-state index contributed by atoms with van der Waals surface area (Å²) < 4.78 is 10.6. The predicted octanol–water partition coefficient (Wildman–Crippen LogP) is 1.16. The number of hydrogen-bond donors (Lipinski definition) is 1. The molecule has 2 nitrogen and oxygen atoms in total. The van der Waals surface area contributed by atoms with E-state index in [1.54, 1.807) is 0 Å². The molecule has 0 saturated carbocycles. The van der Waals surface area contributed by atoms with Crippen LogP contribution in [-0.4, -0.2) is 9.96 Å². The first-order chi connectivity index (χ1) is 5.68.